The molecule has 2 aromatic carbocycles. The topological polar surface area (TPSA) is 66.9 Å². The molecule has 1 aliphatic rings. The highest BCUT2D eigenvalue weighted by molar-refractivity contribution is 5.94. The molecule has 158 valence electrons. The Morgan fingerprint density at radius 1 is 1.07 bits per heavy atom. The average Bonchev–Trinajstić information content (AvgIpc) is 3.17. The van der Waals surface area contributed by atoms with Crippen LogP contribution in [0.25, 0.3) is 0 Å². The molecule has 0 aromatic heterocycles. The van der Waals surface area contributed by atoms with E-state index in [2.05, 4.69) is 0 Å². The molecular weight excluding hydrogens is 380 g/mol. The van der Waals surface area contributed by atoms with Gasteiger partial charge in [-0.2, -0.15) is 0 Å². The standard InChI is InChI=1S/C24H28N2O4/c1-18(24(29)30-2)15-26(17-19-7-4-3-5-8-19)23(28)21-12-10-20(11-13-21)16-25-14-6-9-22(25)27/h3-5,7-8,10-13,18H,6,9,14-17H2,1-2H3. The fraction of sp³-hybridized carbons (Fsp3) is 0.375. The van der Waals surface area contributed by atoms with Crippen LogP contribution in [0.3, 0.4) is 0 Å². The molecule has 0 N–H and O–H groups in total. The van der Waals surface area contributed by atoms with E-state index in [-0.39, 0.29) is 24.3 Å². The molecule has 3 rings (SSSR count). The smallest absolute Gasteiger partial charge is 0.310 e. The second-order valence-electron chi connectivity index (χ2n) is 7.71. The highest BCUT2D eigenvalue weighted by Crippen LogP contribution is 2.17. The molecule has 6 heteroatoms. The van der Waals surface area contributed by atoms with E-state index < -0.39 is 5.92 Å². The number of carbonyl (C=O) groups is 3. The zero-order valence-corrected chi connectivity index (χ0v) is 17.5. The zero-order chi connectivity index (χ0) is 21.5. The van der Waals surface area contributed by atoms with Gasteiger partial charge in [-0.1, -0.05) is 49.4 Å². The third-order valence-corrected chi connectivity index (χ3v) is 5.35. The number of esters is 1. The van der Waals surface area contributed by atoms with Gasteiger partial charge in [0, 0.05) is 38.2 Å². The van der Waals surface area contributed by atoms with Crippen LogP contribution in [0.5, 0.6) is 0 Å². The number of rotatable bonds is 8. The summed E-state index contributed by atoms with van der Waals surface area (Å²) in [6.45, 7) is 3.79. The van der Waals surface area contributed by atoms with Crippen LogP contribution < -0.4 is 0 Å². The van der Waals surface area contributed by atoms with Crippen molar-refractivity contribution in [2.45, 2.75) is 32.9 Å². The highest BCUT2D eigenvalue weighted by Gasteiger charge is 2.23. The predicted octanol–water partition coefficient (Wildman–Crippen LogP) is 3.26. The lowest BCUT2D eigenvalue weighted by Gasteiger charge is -2.25. The first-order chi connectivity index (χ1) is 14.5. The molecule has 30 heavy (non-hydrogen) atoms. The van der Waals surface area contributed by atoms with Crippen molar-refractivity contribution in [2.24, 2.45) is 5.92 Å². The lowest BCUT2D eigenvalue weighted by Crippen LogP contribution is -2.36. The van der Waals surface area contributed by atoms with Gasteiger partial charge in [0.05, 0.1) is 13.0 Å². The Balaban J connectivity index is 1.73. The Kier molecular flexibility index (Phi) is 7.22. The molecule has 0 aliphatic carbocycles. The number of nitrogens with zero attached hydrogens (tertiary/aromatic N) is 2. The number of hydrogen-bond donors (Lipinski definition) is 0. The maximum absolute atomic E-state index is 13.2. The molecule has 1 heterocycles. The molecule has 1 aliphatic heterocycles. The van der Waals surface area contributed by atoms with Crippen LogP contribution in [-0.2, 0) is 27.4 Å². The Bertz CT molecular complexity index is 880. The van der Waals surface area contributed by atoms with Gasteiger partial charge < -0.3 is 14.5 Å². The highest BCUT2D eigenvalue weighted by atomic mass is 16.5. The quantitative estimate of drug-likeness (QED) is 0.629. The molecule has 1 fully saturated rings. The third kappa shape index (κ3) is 5.47. The minimum absolute atomic E-state index is 0.140. The van der Waals surface area contributed by atoms with E-state index in [1.807, 2.05) is 47.4 Å². The van der Waals surface area contributed by atoms with Gasteiger partial charge in [0.2, 0.25) is 5.91 Å². The number of amides is 2. The van der Waals surface area contributed by atoms with Crippen molar-refractivity contribution in [3.63, 3.8) is 0 Å². The lowest BCUT2D eigenvalue weighted by atomic mass is 10.1. The summed E-state index contributed by atoms with van der Waals surface area (Å²) in [7, 11) is 1.35. The van der Waals surface area contributed by atoms with Crippen molar-refractivity contribution in [3.8, 4) is 0 Å². The molecule has 2 aromatic rings. The van der Waals surface area contributed by atoms with E-state index in [0.717, 1.165) is 24.1 Å². The Labute approximate surface area is 177 Å². The summed E-state index contributed by atoms with van der Waals surface area (Å²) in [6, 6.07) is 17.1. The van der Waals surface area contributed by atoms with Gasteiger partial charge in [0.1, 0.15) is 0 Å². The lowest BCUT2D eigenvalue weighted by molar-refractivity contribution is -0.145. The first kappa shape index (κ1) is 21.6. The summed E-state index contributed by atoms with van der Waals surface area (Å²) in [5, 5.41) is 0. The minimum Gasteiger partial charge on any atom is -0.469 e. The first-order valence-corrected chi connectivity index (χ1v) is 10.3. The van der Waals surface area contributed by atoms with Crippen molar-refractivity contribution in [1.82, 2.24) is 9.80 Å². The van der Waals surface area contributed by atoms with E-state index >= 15 is 0 Å². The van der Waals surface area contributed by atoms with Crippen molar-refractivity contribution in [1.29, 1.82) is 0 Å². The fourth-order valence-electron chi connectivity index (χ4n) is 3.66. The van der Waals surface area contributed by atoms with Crippen molar-refractivity contribution < 1.29 is 19.1 Å². The minimum atomic E-state index is -0.428. The van der Waals surface area contributed by atoms with E-state index in [9.17, 15) is 14.4 Å². The van der Waals surface area contributed by atoms with Gasteiger partial charge in [0.25, 0.3) is 5.91 Å². The Hall–Kier alpha value is -3.15. The number of likely N-dealkylation sites (tertiary alicyclic amines) is 1. The summed E-state index contributed by atoms with van der Waals surface area (Å²) in [5.41, 5.74) is 2.55. The van der Waals surface area contributed by atoms with Gasteiger partial charge in [-0.15, -0.1) is 0 Å². The SMILES string of the molecule is COC(=O)C(C)CN(Cc1ccccc1)C(=O)c1ccc(CN2CCCC2=O)cc1. The molecule has 2 amide bonds. The largest absolute Gasteiger partial charge is 0.469 e. The van der Waals surface area contributed by atoms with Crippen LogP contribution >= 0.6 is 0 Å². The number of carbonyl (C=O) groups excluding carboxylic acids is 3. The van der Waals surface area contributed by atoms with Crippen molar-refractivity contribution in [2.75, 3.05) is 20.2 Å². The Morgan fingerprint density at radius 3 is 2.37 bits per heavy atom. The molecule has 0 radical (unpaired) electrons. The van der Waals surface area contributed by atoms with Gasteiger partial charge in [0.15, 0.2) is 0 Å². The molecule has 0 spiro atoms. The van der Waals surface area contributed by atoms with Gasteiger partial charge in [-0.3, -0.25) is 14.4 Å². The third-order valence-electron chi connectivity index (χ3n) is 5.35. The molecule has 1 unspecified atom stereocenters. The normalized spacial score (nSPS) is 14.5. The van der Waals surface area contributed by atoms with E-state index in [4.69, 9.17) is 4.74 Å². The monoisotopic (exact) mass is 408 g/mol. The molecule has 1 saturated heterocycles. The second-order valence-corrected chi connectivity index (χ2v) is 7.71. The van der Waals surface area contributed by atoms with Crippen LogP contribution in [-0.4, -0.2) is 47.8 Å². The van der Waals surface area contributed by atoms with Crippen molar-refractivity contribution >= 4 is 17.8 Å². The number of methoxy groups -OCH3 is 1. The summed E-state index contributed by atoms with van der Waals surface area (Å²) >= 11 is 0. The zero-order valence-electron chi connectivity index (χ0n) is 17.5. The maximum Gasteiger partial charge on any atom is 0.310 e. The summed E-state index contributed by atoms with van der Waals surface area (Å²) in [5.74, 6) is -0.728. The molecule has 6 nitrogen and oxygen atoms in total. The van der Waals surface area contributed by atoms with Crippen LogP contribution in [0, 0.1) is 5.92 Å². The van der Waals surface area contributed by atoms with E-state index in [0.29, 0.717) is 25.1 Å². The number of benzene rings is 2. The summed E-state index contributed by atoms with van der Waals surface area (Å²) in [6.07, 6.45) is 1.52. The predicted molar refractivity (Wildman–Crippen MR) is 113 cm³/mol. The number of ether oxygens (including phenoxy) is 1. The Morgan fingerprint density at radius 2 is 1.77 bits per heavy atom. The molecule has 0 saturated carbocycles. The van der Waals surface area contributed by atoms with Gasteiger partial charge in [-0.05, 0) is 29.7 Å². The van der Waals surface area contributed by atoms with Crippen LogP contribution in [0.2, 0.25) is 0 Å². The van der Waals surface area contributed by atoms with E-state index in [1.54, 1.807) is 24.0 Å². The molecule has 0 bridgehead atoms. The molecule has 1 atom stereocenters. The maximum atomic E-state index is 13.2. The molecular formula is C24H28N2O4. The van der Waals surface area contributed by atoms with Gasteiger partial charge >= 0.3 is 5.97 Å². The second kappa shape index (κ2) is 10.1. The number of hydrogen-bond acceptors (Lipinski definition) is 4. The van der Waals surface area contributed by atoms with Crippen LogP contribution in [0.4, 0.5) is 0 Å². The van der Waals surface area contributed by atoms with E-state index in [1.165, 1.54) is 7.11 Å². The fourth-order valence-corrected chi connectivity index (χ4v) is 3.66. The summed E-state index contributed by atoms with van der Waals surface area (Å²) < 4.78 is 4.83. The average molecular weight is 408 g/mol. The van der Waals surface area contributed by atoms with Gasteiger partial charge in [-0.25, -0.2) is 0 Å². The van der Waals surface area contributed by atoms with Crippen molar-refractivity contribution in [3.05, 3.63) is 71.3 Å². The van der Waals surface area contributed by atoms with Crippen LogP contribution in [0.1, 0.15) is 41.3 Å². The summed E-state index contributed by atoms with van der Waals surface area (Å²) in [4.78, 5) is 40.5. The van der Waals surface area contributed by atoms with Crippen LogP contribution in [0.15, 0.2) is 54.6 Å². The first-order valence-electron chi connectivity index (χ1n) is 10.3.